The molecule has 10 aromatic carbocycles. The summed E-state index contributed by atoms with van der Waals surface area (Å²) in [4.78, 5) is 0. The Bertz CT molecular complexity index is 2780. The maximum absolute atomic E-state index is 2.34. The van der Waals surface area contributed by atoms with Crippen molar-refractivity contribution in [1.82, 2.24) is 0 Å². The van der Waals surface area contributed by atoms with E-state index < -0.39 is 5.43 Å². The van der Waals surface area contributed by atoms with Gasteiger partial charge in [0.05, 0.1) is 0 Å². The van der Waals surface area contributed by atoms with Gasteiger partial charge in [-0.2, -0.15) is 6.07 Å². The SMILES string of the molecule is Cc1cc2c(-c3cc4ccccc4c4ccccc34)cccc2[cH-]1.Cc1ccc2c(c1)[cH-]c1cc(C)ccc12.[Zr+2]=[Si](c1ccccc1)c1ccccc1. The van der Waals surface area contributed by atoms with Gasteiger partial charge in [-0.25, -0.2) is 0 Å². The van der Waals surface area contributed by atoms with Crippen LogP contribution in [0, 0.1) is 20.8 Å². The van der Waals surface area contributed by atoms with Gasteiger partial charge in [0.2, 0.25) is 0 Å². The molecule has 0 aliphatic carbocycles. The molecule has 0 bridgehead atoms. The Kier molecular flexibility index (Phi) is 10.2. The topological polar surface area (TPSA) is 0 Å². The number of hydrogen-bond acceptors (Lipinski definition) is 0. The van der Waals surface area contributed by atoms with Crippen LogP contribution in [0.3, 0.4) is 0 Å². The molecular weight excluding hydrogens is 732 g/mol. The van der Waals surface area contributed by atoms with E-state index in [1.165, 1.54) is 92.1 Å². The van der Waals surface area contributed by atoms with Crippen molar-refractivity contribution in [3.05, 3.63) is 205 Å². The first-order valence-electron chi connectivity index (χ1n) is 18.3. The second-order valence-corrected chi connectivity index (χ2v) is 19.6. The standard InChI is InChI=1S/C24H17.C15H13.C12H10Si.Zr/c1-16-13-17-8-6-12-22(23(17)14-16)24-15-18-7-2-3-9-19(18)20-10-4-5-11-21(20)24;1-10-3-5-14-12(7-10)9-13-8-11(2)4-6-15(13)14;1-3-7-11(8-4-1)13-12-9-5-2-6-10-12;/h2-15H,1H3;3-9H,1-2H3;1-10H;/q2*-1;;+2. The van der Waals surface area contributed by atoms with Gasteiger partial charge in [0.1, 0.15) is 0 Å². The molecule has 0 heterocycles. The van der Waals surface area contributed by atoms with Crippen LogP contribution in [0.2, 0.25) is 0 Å². The van der Waals surface area contributed by atoms with E-state index in [1.54, 1.807) is 23.3 Å². The summed E-state index contributed by atoms with van der Waals surface area (Å²) in [5, 5.41) is 16.4. The van der Waals surface area contributed by atoms with Crippen LogP contribution in [0.4, 0.5) is 0 Å². The summed E-state index contributed by atoms with van der Waals surface area (Å²) in [6, 6.07) is 68.2. The molecule has 0 atom stereocenters. The van der Waals surface area contributed by atoms with Gasteiger partial charge in [-0.05, 0) is 47.0 Å². The van der Waals surface area contributed by atoms with Crippen LogP contribution >= 0.6 is 0 Å². The number of rotatable bonds is 3. The monoisotopic (exact) mass is 770 g/mol. The molecule has 2 heteroatoms. The molecule has 10 aromatic rings. The van der Waals surface area contributed by atoms with E-state index in [0.717, 1.165) is 0 Å². The van der Waals surface area contributed by atoms with Crippen molar-refractivity contribution >= 4 is 69.7 Å². The molecule has 0 aliphatic rings. The van der Waals surface area contributed by atoms with Gasteiger partial charge in [-0.15, -0.1) is 74.3 Å². The Morgan fingerprint density at radius 1 is 0.377 bits per heavy atom. The number of fused-ring (bicyclic) bond motifs is 7. The third kappa shape index (κ3) is 7.40. The summed E-state index contributed by atoms with van der Waals surface area (Å²) in [6.07, 6.45) is 0. The summed E-state index contributed by atoms with van der Waals surface area (Å²) in [6.45, 7) is 6.45. The zero-order chi connectivity index (χ0) is 36.3. The summed E-state index contributed by atoms with van der Waals surface area (Å²) in [5.74, 6) is 0. The van der Waals surface area contributed by atoms with Crippen molar-refractivity contribution in [3.8, 4) is 11.1 Å². The van der Waals surface area contributed by atoms with E-state index in [-0.39, 0.29) is 0 Å². The summed E-state index contributed by atoms with van der Waals surface area (Å²) >= 11 is 1.64. The third-order valence-electron chi connectivity index (χ3n) is 10.1. The molecule has 0 radical (unpaired) electrons. The van der Waals surface area contributed by atoms with E-state index in [2.05, 4.69) is 209 Å². The zero-order valence-corrected chi connectivity index (χ0v) is 33.9. The molecule has 0 N–H and O–H groups in total. The van der Waals surface area contributed by atoms with E-state index in [1.807, 2.05) is 0 Å². The normalized spacial score (nSPS) is 11.0. The molecule has 0 amide bonds. The van der Waals surface area contributed by atoms with E-state index in [4.69, 9.17) is 0 Å². The fourth-order valence-electron chi connectivity index (χ4n) is 7.53. The van der Waals surface area contributed by atoms with Gasteiger partial charge in [-0.1, -0.05) is 102 Å². The maximum atomic E-state index is 2.34. The first-order valence-corrected chi connectivity index (χ1v) is 23.4. The quantitative estimate of drug-likeness (QED) is 0.0953. The van der Waals surface area contributed by atoms with Crippen LogP contribution < -0.4 is 10.4 Å². The first kappa shape index (κ1) is 34.9. The number of aryl methyl sites for hydroxylation is 3. The molecule has 252 valence electrons. The van der Waals surface area contributed by atoms with Crippen molar-refractivity contribution in [2.45, 2.75) is 20.8 Å². The molecule has 0 fully saturated rings. The average Bonchev–Trinajstić information content (AvgIpc) is 3.77. The van der Waals surface area contributed by atoms with Crippen molar-refractivity contribution in [3.63, 3.8) is 0 Å². The predicted molar refractivity (Wildman–Crippen MR) is 229 cm³/mol. The van der Waals surface area contributed by atoms with Crippen molar-refractivity contribution < 1.29 is 23.3 Å². The van der Waals surface area contributed by atoms with Gasteiger partial charge >= 0.3 is 99.8 Å². The molecule has 0 spiro atoms. The average molecular weight is 772 g/mol. The molecule has 0 saturated heterocycles. The van der Waals surface area contributed by atoms with Crippen LogP contribution in [0.15, 0.2) is 188 Å². The van der Waals surface area contributed by atoms with Gasteiger partial charge in [-0.3, -0.25) is 0 Å². The Balaban J connectivity index is 0.000000120. The van der Waals surface area contributed by atoms with Crippen LogP contribution in [0.25, 0.3) is 65.0 Å². The van der Waals surface area contributed by atoms with Crippen molar-refractivity contribution in [1.29, 1.82) is 0 Å². The molecule has 0 aromatic heterocycles. The van der Waals surface area contributed by atoms with E-state index >= 15 is 0 Å². The zero-order valence-electron chi connectivity index (χ0n) is 30.4. The fourth-order valence-corrected chi connectivity index (χ4v) is 11.4. The minimum atomic E-state index is -0.455. The number of benzene rings is 8. The Morgan fingerprint density at radius 2 is 0.925 bits per heavy atom. The van der Waals surface area contributed by atoms with Gasteiger partial charge in [0, 0.05) is 0 Å². The van der Waals surface area contributed by atoms with Gasteiger partial charge in [0.25, 0.3) is 0 Å². The molecule has 53 heavy (non-hydrogen) atoms. The molecule has 0 nitrogen and oxygen atoms in total. The van der Waals surface area contributed by atoms with E-state index in [0.29, 0.717) is 0 Å². The number of hydrogen-bond donors (Lipinski definition) is 0. The molecule has 0 aliphatic heterocycles. The fraction of sp³-hybridized carbons (Fsp3) is 0.0588. The van der Waals surface area contributed by atoms with Crippen LogP contribution in [-0.4, -0.2) is 5.43 Å². The molecular formula is C51H40SiZr. The van der Waals surface area contributed by atoms with Crippen molar-refractivity contribution in [2.75, 3.05) is 0 Å². The summed E-state index contributed by atoms with van der Waals surface area (Å²) in [5.41, 5.74) is 6.17. The second-order valence-electron chi connectivity index (χ2n) is 14.0. The summed E-state index contributed by atoms with van der Waals surface area (Å²) in [7, 11) is 0. The minimum absolute atomic E-state index is 0.455. The van der Waals surface area contributed by atoms with Crippen molar-refractivity contribution in [2.24, 2.45) is 0 Å². The Hall–Kier alpha value is -5.14. The van der Waals surface area contributed by atoms with E-state index in [9.17, 15) is 0 Å². The van der Waals surface area contributed by atoms with Crippen LogP contribution in [0.5, 0.6) is 0 Å². The molecule has 0 unspecified atom stereocenters. The van der Waals surface area contributed by atoms with Gasteiger partial charge < -0.3 is 0 Å². The molecule has 10 rings (SSSR count). The van der Waals surface area contributed by atoms with Crippen LogP contribution in [0.1, 0.15) is 16.7 Å². The van der Waals surface area contributed by atoms with Gasteiger partial charge in [0.15, 0.2) is 0 Å². The summed E-state index contributed by atoms with van der Waals surface area (Å²) < 4.78 is 0. The Morgan fingerprint density at radius 3 is 1.55 bits per heavy atom. The Labute approximate surface area is 327 Å². The molecule has 0 saturated carbocycles. The third-order valence-corrected chi connectivity index (χ3v) is 16.2. The second kappa shape index (κ2) is 15.5. The predicted octanol–water partition coefficient (Wildman–Crippen LogP) is 12.5. The first-order chi connectivity index (χ1) is 25.9. The van der Waals surface area contributed by atoms with Crippen LogP contribution in [-0.2, 0) is 23.3 Å².